The molecule has 1 unspecified atom stereocenters. The highest BCUT2D eigenvalue weighted by Crippen LogP contribution is 2.33. The number of nitrogens with zero attached hydrogens (tertiary/aromatic N) is 2. The number of rotatable bonds is 4. The zero-order chi connectivity index (χ0) is 21.4. The number of carbonyl (C=O) groups excluding carboxylic acids is 1. The number of nitrogens with one attached hydrogen (secondary N) is 2. The minimum atomic E-state index is -0.473. The van der Waals surface area contributed by atoms with Crippen molar-refractivity contribution >= 4 is 38.6 Å². The van der Waals surface area contributed by atoms with E-state index in [9.17, 15) is 14.0 Å². The summed E-state index contributed by atoms with van der Waals surface area (Å²) in [5, 5.41) is 3.36. The van der Waals surface area contributed by atoms with Gasteiger partial charge in [-0.1, -0.05) is 12.1 Å². The van der Waals surface area contributed by atoms with Gasteiger partial charge >= 0.3 is 0 Å². The lowest BCUT2D eigenvalue weighted by molar-refractivity contribution is -0.117. The van der Waals surface area contributed by atoms with E-state index in [1.807, 2.05) is 6.07 Å². The van der Waals surface area contributed by atoms with E-state index in [4.69, 9.17) is 0 Å². The fourth-order valence-corrected chi connectivity index (χ4v) is 3.96. The van der Waals surface area contributed by atoms with Gasteiger partial charge < -0.3 is 14.9 Å². The molecule has 8 heteroatoms. The Morgan fingerprint density at radius 2 is 1.97 bits per heavy atom. The summed E-state index contributed by atoms with van der Waals surface area (Å²) < 4.78 is 15.3. The lowest BCUT2D eigenvalue weighted by Crippen LogP contribution is -2.19. The molecule has 1 atom stereocenters. The monoisotopic (exact) mass is 468 g/mol. The summed E-state index contributed by atoms with van der Waals surface area (Å²) in [6, 6.07) is 11.2. The third kappa shape index (κ3) is 3.66. The first-order chi connectivity index (χ1) is 14.3. The van der Waals surface area contributed by atoms with Gasteiger partial charge in [-0.2, -0.15) is 0 Å². The average Bonchev–Trinajstić information content (AvgIpc) is 3.08. The topological polar surface area (TPSA) is 79.8 Å². The van der Waals surface area contributed by atoms with Crippen LogP contribution in [0.1, 0.15) is 18.4 Å². The number of fused-ring (bicyclic) bond motifs is 1. The van der Waals surface area contributed by atoms with Crippen LogP contribution in [-0.2, 0) is 11.8 Å². The highest BCUT2D eigenvalue weighted by Gasteiger charge is 2.18. The van der Waals surface area contributed by atoms with Gasteiger partial charge in [0.05, 0.1) is 27.0 Å². The minimum Gasteiger partial charge on any atom is -0.353 e. The molecule has 0 saturated heterocycles. The van der Waals surface area contributed by atoms with Crippen LogP contribution < -0.4 is 10.9 Å². The Balaban J connectivity index is 1.63. The Hall–Kier alpha value is -3.26. The first-order valence-electron chi connectivity index (χ1n) is 9.24. The number of aryl methyl sites for hydroxylation is 1. The van der Waals surface area contributed by atoms with E-state index >= 15 is 0 Å². The largest absolute Gasteiger partial charge is 0.353 e. The second kappa shape index (κ2) is 7.87. The number of aromatic nitrogens is 3. The normalized spacial score (nSPS) is 12.1. The molecular formula is C22H18BrFN4O2. The molecule has 3 heterocycles. The quantitative estimate of drug-likeness (QED) is 0.460. The van der Waals surface area contributed by atoms with Crippen LogP contribution in [0.4, 0.5) is 10.2 Å². The Labute approximate surface area is 179 Å². The van der Waals surface area contributed by atoms with Gasteiger partial charge in [0.25, 0.3) is 5.56 Å². The summed E-state index contributed by atoms with van der Waals surface area (Å²) in [5.74, 6) is -0.695. The van der Waals surface area contributed by atoms with Gasteiger partial charge in [0.15, 0.2) is 0 Å². The van der Waals surface area contributed by atoms with E-state index in [1.54, 1.807) is 50.6 Å². The third-order valence-electron chi connectivity index (χ3n) is 5.03. The van der Waals surface area contributed by atoms with E-state index in [0.717, 1.165) is 11.3 Å². The van der Waals surface area contributed by atoms with E-state index in [0.29, 0.717) is 26.8 Å². The van der Waals surface area contributed by atoms with Crippen molar-refractivity contribution in [3.05, 3.63) is 81.1 Å². The van der Waals surface area contributed by atoms with E-state index in [1.165, 1.54) is 16.7 Å². The third-order valence-corrected chi connectivity index (χ3v) is 5.82. The Bertz CT molecular complexity index is 1310. The van der Waals surface area contributed by atoms with Crippen molar-refractivity contribution in [2.45, 2.75) is 12.8 Å². The molecule has 4 rings (SSSR count). The number of amides is 1. The van der Waals surface area contributed by atoms with Crippen LogP contribution in [0.5, 0.6) is 0 Å². The van der Waals surface area contributed by atoms with Crippen molar-refractivity contribution in [1.82, 2.24) is 14.5 Å². The Kier molecular flexibility index (Phi) is 5.26. The van der Waals surface area contributed by atoms with E-state index in [2.05, 4.69) is 31.2 Å². The number of hydrogen-bond donors (Lipinski definition) is 2. The summed E-state index contributed by atoms with van der Waals surface area (Å²) in [7, 11) is 1.70. The maximum Gasteiger partial charge on any atom is 0.260 e. The Morgan fingerprint density at radius 1 is 1.23 bits per heavy atom. The van der Waals surface area contributed by atoms with Crippen LogP contribution in [0.2, 0.25) is 0 Å². The maximum atomic E-state index is 13.1. The zero-order valence-corrected chi connectivity index (χ0v) is 17.8. The number of hydrogen-bond acceptors (Lipinski definition) is 3. The molecule has 0 fully saturated rings. The zero-order valence-electron chi connectivity index (χ0n) is 16.2. The molecule has 152 valence electrons. The van der Waals surface area contributed by atoms with Crippen molar-refractivity contribution in [2.75, 3.05) is 5.32 Å². The van der Waals surface area contributed by atoms with E-state index < -0.39 is 5.92 Å². The fourth-order valence-electron chi connectivity index (χ4n) is 3.25. The molecule has 0 saturated carbocycles. The molecule has 30 heavy (non-hydrogen) atoms. The second-order valence-corrected chi connectivity index (χ2v) is 7.82. The SMILES string of the molecule is CC(C(=O)Nc1cc(-c2[nH]c3ccn(C)c(=O)c3c2Br)ccn1)c1ccc(F)cc1. The van der Waals surface area contributed by atoms with Crippen LogP contribution in [-0.4, -0.2) is 20.4 Å². The van der Waals surface area contributed by atoms with E-state index in [-0.39, 0.29) is 17.3 Å². The molecule has 1 aromatic carbocycles. The smallest absolute Gasteiger partial charge is 0.260 e. The number of anilines is 1. The number of H-pyrrole nitrogens is 1. The molecule has 2 N–H and O–H groups in total. The standard InChI is InChI=1S/C22H18BrFN4O2/c1-12(13-3-5-15(24)6-4-13)21(29)27-17-11-14(7-9-25-17)20-19(23)18-16(26-20)8-10-28(2)22(18)30/h3-12,26H,1-2H3,(H,25,27,29). The molecule has 0 aliphatic carbocycles. The van der Waals surface area contributed by atoms with Gasteiger partial charge in [0.1, 0.15) is 11.6 Å². The van der Waals surface area contributed by atoms with Gasteiger partial charge in [-0.25, -0.2) is 9.37 Å². The molecule has 0 spiro atoms. The molecule has 1 amide bonds. The summed E-state index contributed by atoms with van der Waals surface area (Å²) in [5.41, 5.74) is 2.79. The van der Waals surface area contributed by atoms with Gasteiger partial charge in [-0.15, -0.1) is 0 Å². The number of aromatic amines is 1. The van der Waals surface area contributed by atoms with Gasteiger partial charge in [-0.3, -0.25) is 9.59 Å². The lowest BCUT2D eigenvalue weighted by atomic mass is 10.0. The molecule has 0 aliphatic rings. The molecular weight excluding hydrogens is 451 g/mol. The van der Waals surface area contributed by atoms with Gasteiger partial charge in [0.2, 0.25) is 5.91 Å². The molecule has 4 aromatic rings. The summed E-state index contributed by atoms with van der Waals surface area (Å²) in [6.45, 7) is 1.75. The van der Waals surface area contributed by atoms with Crippen molar-refractivity contribution in [2.24, 2.45) is 7.05 Å². The summed E-state index contributed by atoms with van der Waals surface area (Å²) in [4.78, 5) is 32.6. The fraction of sp³-hybridized carbons (Fsp3) is 0.136. The summed E-state index contributed by atoms with van der Waals surface area (Å²) in [6.07, 6.45) is 3.29. The highest BCUT2D eigenvalue weighted by molar-refractivity contribution is 9.10. The second-order valence-electron chi connectivity index (χ2n) is 7.03. The molecule has 3 aromatic heterocycles. The molecule has 0 aliphatic heterocycles. The first-order valence-corrected chi connectivity index (χ1v) is 10.0. The predicted octanol–water partition coefficient (Wildman–Crippen LogP) is 4.57. The summed E-state index contributed by atoms with van der Waals surface area (Å²) >= 11 is 3.53. The number of carbonyl (C=O) groups is 1. The number of benzene rings is 1. The lowest BCUT2D eigenvalue weighted by Gasteiger charge is -2.12. The molecule has 0 bridgehead atoms. The minimum absolute atomic E-state index is 0.113. The van der Waals surface area contributed by atoms with Crippen molar-refractivity contribution in [3.8, 4) is 11.3 Å². The first kappa shape index (κ1) is 20.0. The number of halogens is 2. The van der Waals surface area contributed by atoms with Crippen LogP contribution in [0.15, 0.2) is 64.1 Å². The highest BCUT2D eigenvalue weighted by atomic mass is 79.9. The van der Waals surface area contributed by atoms with Crippen molar-refractivity contribution < 1.29 is 9.18 Å². The van der Waals surface area contributed by atoms with Crippen LogP contribution >= 0.6 is 15.9 Å². The molecule has 6 nitrogen and oxygen atoms in total. The Morgan fingerprint density at radius 3 is 2.70 bits per heavy atom. The van der Waals surface area contributed by atoms with Crippen molar-refractivity contribution in [3.63, 3.8) is 0 Å². The van der Waals surface area contributed by atoms with Crippen LogP contribution in [0, 0.1) is 5.82 Å². The predicted molar refractivity (Wildman–Crippen MR) is 118 cm³/mol. The average molecular weight is 469 g/mol. The van der Waals surface area contributed by atoms with Gasteiger partial charge in [-0.05, 0) is 58.7 Å². The van der Waals surface area contributed by atoms with Crippen LogP contribution in [0.3, 0.4) is 0 Å². The van der Waals surface area contributed by atoms with Gasteiger partial charge in [0, 0.05) is 25.0 Å². The number of pyridine rings is 2. The van der Waals surface area contributed by atoms with Crippen molar-refractivity contribution in [1.29, 1.82) is 0 Å². The molecule has 0 radical (unpaired) electrons. The van der Waals surface area contributed by atoms with Crippen LogP contribution in [0.25, 0.3) is 22.2 Å². The maximum absolute atomic E-state index is 13.1.